The van der Waals surface area contributed by atoms with E-state index < -0.39 is 168 Å². The van der Waals surface area contributed by atoms with Crippen LogP contribution in [0.5, 0.6) is 0 Å². The molecule has 24 nitrogen and oxygen atoms in total. The van der Waals surface area contributed by atoms with Gasteiger partial charge in [0.1, 0.15) is 48.7 Å². The molecule has 2 fully saturated rings. The maximum atomic E-state index is 15.0. The lowest BCUT2D eigenvalue weighted by atomic mass is 9.95. The van der Waals surface area contributed by atoms with Gasteiger partial charge in [0.15, 0.2) is 24.8 Å². The molecule has 2 aliphatic rings. The minimum Gasteiger partial charge on any atom is -0.462 e. The summed E-state index contributed by atoms with van der Waals surface area (Å²) >= 11 is 0. The fourth-order valence-electron chi connectivity index (χ4n) is 15.7. The normalized spacial score (nSPS) is 20.8. The van der Waals surface area contributed by atoms with Crippen LogP contribution in [0.4, 0.5) is 0 Å². The number of nitrogens with one attached hydrogen (secondary N) is 2. The zero-order chi connectivity index (χ0) is 84.4. The molecule has 14 atom stereocenters. The van der Waals surface area contributed by atoms with Crippen molar-refractivity contribution in [3.8, 4) is 0 Å². The van der Waals surface area contributed by atoms with Crippen LogP contribution in [0, 0.1) is 0 Å². The van der Waals surface area contributed by atoms with E-state index in [1.165, 1.54) is 77.0 Å². The minimum absolute atomic E-state index is 0.110. The Morgan fingerprint density at radius 3 is 1.07 bits per heavy atom. The van der Waals surface area contributed by atoms with E-state index in [9.17, 15) is 63.9 Å². The summed E-state index contributed by atoms with van der Waals surface area (Å²) in [5.41, 5.74) is 0. The number of ether oxygens (including phenoxy) is 7. The Kier molecular flexibility index (Phi) is 66.7. The van der Waals surface area contributed by atoms with Crippen LogP contribution in [0.3, 0.4) is 0 Å². The van der Waals surface area contributed by atoms with Crippen molar-refractivity contribution >= 4 is 43.5 Å². The van der Waals surface area contributed by atoms with Crippen molar-refractivity contribution in [2.24, 2.45) is 0 Å². The van der Waals surface area contributed by atoms with Gasteiger partial charge in [-0.1, -0.05) is 350 Å². The van der Waals surface area contributed by atoms with Gasteiger partial charge in [-0.3, -0.25) is 33.3 Å². The number of amides is 2. The van der Waals surface area contributed by atoms with E-state index in [0.717, 1.165) is 218 Å². The molecule has 0 spiro atoms. The van der Waals surface area contributed by atoms with Crippen LogP contribution in [-0.4, -0.2) is 170 Å². The van der Waals surface area contributed by atoms with Crippen molar-refractivity contribution in [2.45, 2.75) is 525 Å². The third-order valence-electron chi connectivity index (χ3n) is 22.6. The monoisotopic (exact) mass is 1660 g/mol. The zero-order valence-corrected chi connectivity index (χ0v) is 73.9. The molecule has 2 amide bonds. The lowest BCUT2D eigenvalue weighted by Gasteiger charge is -2.46. The van der Waals surface area contributed by atoms with Crippen molar-refractivity contribution in [1.82, 2.24) is 10.6 Å². The largest absolute Gasteiger partial charge is 0.470 e. The predicted molar refractivity (Wildman–Crippen MR) is 451 cm³/mol. The van der Waals surface area contributed by atoms with Gasteiger partial charge in [0.2, 0.25) is 11.8 Å². The Balaban J connectivity index is 2.73. The first kappa shape index (κ1) is 108. The number of hydrogen-bond donors (Lipinski definition) is 9. The van der Waals surface area contributed by atoms with Gasteiger partial charge in [-0.15, -0.1) is 0 Å². The minimum atomic E-state index is -5.61. The summed E-state index contributed by atoms with van der Waals surface area (Å²) in [6.07, 6.45) is 33.0. The van der Waals surface area contributed by atoms with Gasteiger partial charge in [0.25, 0.3) is 0 Å². The molecule has 2 rings (SSSR count). The second kappa shape index (κ2) is 71.2. The summed E-state index contributed by atoms with van der Waals surface area (Å²) < 4.78 is 61.6. The summed E-state index contributed by atoms with van der Waals surface area (Å²) in [4.78, 5) is 106. The molecule has 2 aliphatic heterocycles. The maximum Gasteiger partial charge on any atom is 0.470 e. The van der Waals surface area contributed by atoms with Crippen molar-refractivity contribution in [2.75, 3.05) is 13.2 Å². The van der Waals surface area contributed by atoms with Crippen LogP contribution < -0.4 is 10.6 Å². The van der Waals surface area contributed by atoms with Gasteiger partial charge in [0, 0.05) is 12.8 Å². The number of rotatable bonds is 78. The average Bonchev–Trinajstić information content (AvgIpc) is 0.816. The van der Waals surface area contributed by atoms with Crippen LogP contribution in [0.25, 0.3) is 0 Å². The molecule has 2 saturated heterocycles. The van der Waals surface area contributed by atoms with E-state index >= 15 is 4.79 Å². The van der Waals surface area contributed by atoms with E-state index in [1.54, 1.807) is 0 Å². The van der Waals surface area contributed by atoms with Crippen LogP contribution >= 0.6 is 7.82 Å². The topological polar surface area (TPSA) is 359 Å². The molecule has 2 heterocycles. The predicted octanol–water partition coefficient (Wildman–Crippen LogP) is 18.9. The Labute approximate surface area is 695 Å². The lowest BCUT2D eigenvalue weighted by molar-refractivity contribution is -0.298. The number of phosphoric acid groups is 1. The molecule has 25 heteroatoms. The molecule has 0 bridgehead atoms. The molecular weight excluding hydrogens is 1490 g/mol. The van der Waals surface area contributed by atoms with E-state index in [0.29, 0.717) is 51.4 Å². The number of aliphatic hydroxyl groups excluding tert-OH is 5. The molecule has 115 heavy (non-hydrogen) atoms. The summed E-state index contributed by atoms with van der Waals surface area (Å²) in [5.74, 6) is -4.57. The second-order valence-corrected chi connectivity index (χ2v) is 34.7. The summed E-state index contributed by atoms with van der Waals surface area (Å²) in [6, 6.07) is -3.46. The van der Waals surface area contributed by atoms with Gasteiger partial charge in [-0.2, -0.15) is 0 Å². The van der Waals surface area contributed by atoms with Gasteiger partial charge in [-0.05, 0) is 51.4 Å². The number of carbonyl (C=O) groups excluding carboxylic acids is 6. The maximum absolute atomic E-state index is 15.0. The van der Waals surface area contributed by atoms with Crippen molar-refractivity contribution < 1.29 is 106 Å². The highest BCUT2D eigenvalue weighted by Gasteiger charge is 2.54. The Bertz CT molecular complexity index is 2440. The van der Waals surface area contributed by atoms with E-state index in [-0.39, 0.29) is 25.7 Å². The second-order valence-electron chi connectivity index (χ2n) is 33.5. The van der Waals surface area contributed by atoms with Crippen LogP contribution in [0.2, 0.25) is 0 Å². The molecule has 6 unspecified atom stereocenters. The number of esters is 4. The molecule has 0 aromatic heterocycles. The number of aliphatic hydroxyl groups is 5. The first-order chi connectivity index (χ1) is 55.6. The third-order valence-corrected chi connectivity index (χ3v) is 23.1. The molecule has 0 aromatic carbocycles. The highest BCUT2D eigenvalue weighted by molar-refractivity contribution is 7.46. The number of carbonyl (C=O) groups is 6. The smallest absolute Gasteiger partial charge is 0.462 e. The Morgan fingerprint density at radius 1 is 0.365 bits per heavy atom. The molecule has 0 radical (unpaired) electrons. The van der Waals surface area contributed by atoms with Crippen molar-refractivity contribution in [3.63, 3.8) is 0 Å². The Morgan fingerprint density at radius 2 is 0.687 bits per heavy atom. The number of unbranched alkanes of at least 4 members (excludes halogenated alkanes) is 46. The van der Waals surface area contributed by atoms with Crippen molar-refractivity contribution in [3.05, 3.63) is 0 Å². The third kappa shape index (κ3) is 56.0. The number of phosphoric ester groups is 1. The summed E-state index contributed by atoms with van der Waals surface area (Å²) in [7, 11) is -5.61. The van der Waals surface area contributed by atoms with Gasteiger partial charge >= 0.3 is 31.7 Å². The first-order valence-electron chi connectivity index (χ1n) is 47.0. The SMILES string of the molecule is CCCCCCCCCCCCC(=O)O[C@H](CCCCCCCCCC)CC(=O)NC1C(OC(=O)C[C@@H](CCCCCCCCCC)OC(=O)CCCCCCCCCCCC)[C@H](OP(=O)(O)O)C(CO)O[C@H]1OCC1O[C@@H](O)C(NC(=O)C[C@H](O)CCCCCCCCCC)C(OC(=O)C[C@H](O)CCCCCCCCCC)[C@@H]1O. The van der Waals surface area contributed by atoms with E-state index in [4.69, 9.17) is 37.7 Å². The first-order valence-corrected chi connectivity index (χ1v) is 48.5. The highest BCUT2D eigenvalue weighted by atomic mass is 31.2. The van der Waals surface area contributed by atoms with Gasteiger partial charge in [0.05, 0.1) is 51.1 Å². The van der Waals surface area contributed by atoms with Crippen LogP contribution in [0.1, 0.15) is 440 Å². The Hall–Kier alpha value is -3.39. The molecule has 676 valence electrons. The average molecular weight is 1660 g/mol. The van der Waals surface area contributed by atoms with Crippen LogP contribution in [-0.2, 0) is 71.0 Å². The quantitative estimate of drug-likeness (QED) is 0.0118. The molecule has 0 aliphatic carbocycles. The molecule has 0 saturated carbocycles. The zero-order valence-electron chi connectivity index (χ0n) is 73.0. The number of hydrogen-bond acceptors (Lipinski definition) is 20. The van der Waals surface area contributed by atoms with Gasteiger partial charge in [-0.25, -0.2) is 4.57 Å². The lowest BCUT2D eigenvalue weighted by Crippen LogP contribution is -2.68. The van der Waals surface area contributed by atoms with Gasteiger partial charge < -0.3 is 79.1 Å². The van der Waals surface area contributed by atoms with E-state index in [1.807, 2.05) is 0 Å². The highest BCUT2D eigenvalue weighted by Crippen LogP contribution is 2.43. The standard InChI is InChI=1S/C90H169N2O22P/c1-7-13-19-25-31-37-39-45-51-57-63-79(98)108-73(61-55-49-43-35-29-23-17-11-5)67-78(97)92-84-88(113-82(101)68-74(62-56-50-44-36-30-24-18-12-6)109-80(99)64-58-52-46-40-38-32-26-20-14-8-2)86(114-115(104,105)106)75(69-93)111-90(84)107-70-76-85(102)87(112-81(100)66-72(95)60-54-48-42-34-28-22-16-10-4)83(89(103)110-76)91-77(96)65-71(94)59-53-47-41-33-27-21-15-9-3/h71-76,83-90,93-95,102-103H,7-70H2,1-6H3,(H,91,96)(H,92,97)(H2,104,105,106)/t71-,72-,73-,74-,75?,76?,83?,84?,85-,86-,87?,88?,89-,90-/m1/s1. The van der Waals surface area contributed by atoms with E-state index in [2.05, 4.69) is 52.2 Å². The summed E-state index contributed by atoms with van der Waals surface area (Å²) in [5, 5.41) is 63.0. The molecule has 0 aromatic rings. The van der Waals surface area contributed by atoms with Crippen molar-refractivity contribution in [1.29, 1.82) is 0 Å². The van der Waals surface area contributed by atoms with Crippen LogP contribution in [0.15, 0.2) is 0 Å². The fourth-order valence-corrected chi connectivity index (χ4v) is 16.2. The molecular formula is C90H169N2O22P. The fraction of sp³-hybridized carbons (Fsp3) is 0.933. The molecule has 9 N–H and O–H groups in total. The summed E-state index contributed by atoms with van der Waals surface area (Å²) in [6.45, 7) is 11.2.